The molecule has 1 aliphatic heterocycles. The fourth-order valence-electron chi connectivity index (χ4n) is 5.15. The highest BCUT2D eigenvalue weighted by atomic mass is 19.1. The first-order valence-electron chi connectivity index (χ1n) is 12.3. The number of likely N-dealkylation sites (tertiary alicyclic amines) is 1. The number of aromatic nitrogens is 5. The number of carbonyl (C=O) groups is 1. The summed E-state index contributed by atoms with van der Waals surface area (Å²) >= 11 is 0. The van der Waals surface area contributed by atoms with E-state index < -0.39 is 0 Å². The molecule has 0 spiro atoms. The summed E-state index contributed by atoms with van der Waals surface area (Å²) in [7, 11) is 0. The molecule has 188 valence electrons. The average molecular weight is 499 g/mol. The highest BCUT2D eigenvalue weighted by molar-refractivity contribution is 5.85. The third-order valence-corrected chi connectivity index (χ3v) is 6.97. The lowest BCUT2D eigenvalue weighted by molar-refractivity contribution is -0.123. The van der Waals surface area contributed by atoms with Crippen molar-refractivity contribution in [3.63, 3.8) is 0 Å². The number of halogens is 1. The van der Waals surface area contributed by atoms with Gasteiger partial charge in [-0.25, -0.2) is 13.9 Å². The van der Waals surface area contributed by atoms with Gasteiger partial charge in [0.15, 0.2) is 5.82 Å². The van der Waals surface area contributed by atoms with E-state index in [2.05, 4.69) is 25.4 Å². The van der Waals surface area contributed by atoms with Gasteiger partial charge in [-0.2, -0.15) is 10.2 Å². The molecule has 9 nitrogen and oxygen atoms in total. The van der Waals surface area contributed by atoms with E-state index in [4.69, 9.17) is 5.73 Å². The van der Waals surface area contributed by atoms with E-state index in [1.54, 1.807) is 6.07 Å². The van der Waals surface area contributed by atoms with Crippen molar-refractivity contribution in [2.45, 2.75) is 25.9 Å². The van der Waals surface area contributed by atoms with Gasteiger partial charge in [0.1, 0.15) is 17.7 Å². The predicted octanol–water partition coefficient (Wildman–Crippen LogP) is 3.71. The van der Waals surface area contributed by atoms with Gasteiger partial charge in [0.2, 0.25) is 5.91 Å². The molecule has 5 aromatic rings. The van der Waals surface area contributed by atoms with Crippen LogP contribution in [0.1, 0.15) is 24.0 Å². The SMILES string of the molecule is NC(=O)C1CCCN(Cc2ccn3ncnc(Nc4ccc5c(cnn5Cc5cccc(F)c5)c4)c23)C1. The summed E-state index contributed by atoms with van der Waals surface area (Å²) in [6.45, 7) is 2.77. The highest BCUT2D eigenvalue weighted by Crippen LogP contribution is 2.28. The van der Waals surface area contributed by atoms with E-state index >= 15 is 0 Å². The van der Waals surface area contributed by atoms with Crippen molar-refractivity contribution in [2.75, 3.05) is 18.4 Å². The Hall–Kier alpha value is -4.31. The van der Waals surface area contributed by atoms with Crippen LogP contribution in [0.3, 0.4) is 0 Å². The van der Waals surface area contributed by atoms with Crippen LogP contribution in [-0.4, -0.2) is 48.3 Å². The molecule has 1 amide bonds. The molecule has 0 radical (unpaired) electrons. The Balaban J connectivity index is 1.25. The first-order valence-corrected chi connectivity index (χ1v) is 12.3. The van der Waals surface area contributed by atoms with E-state index in [9.17, 15) is 9.18 Å². The molecule has 10 heteroatoms. The Labute approximate surface area is 212 Å². The molecule has 0 aliphatic carbocycles. The molecule has 6 rings (SSSR count). The maximum atomic E-state index is 13.6. The van der Waals surface area contributed by atoms with Crippen LogP contribution >= 0.6 is 0 Å². The summed E-state index contributed by atoms with van der Waals surface area (Å²) in [5.74, 6) is 0.108. The molecule has 2 aromatic carbocycles. The number of hydrogen-bond donors (Lipinski definition) is 2. The molecular weight excluding hydrogens is 471 g/mol. The molecule has 3 N–H and O–H groups in total. The molecule has 1 unspecified atom stereocenters. The largest absolute Gasteiger partial charge is 0.369 e. The lowest BCUT2D eigenvalue weighted by Crippen LogP contribution is -2.40. The lowest BCUT2D eigenvalue weighted by atomic mass is 9.97. The fourth-order valence-corrected chi connectivity index (χ4v) is 5.15. The monoisotopic (exact) mass is 498 g/mol. The summed E-state index contributed by atoms with van der Waals surface area (Å²) in [5.41, 5.74) is 10.2. The van der Waals surface area contributed by atoms with Crippen molar-refractivity contribution in [3.8, 4) is 0 Å². The van der Waals surface area contributed by atoms with Gasteiger partial charge >= 0.3 is 0 Å². The van der Waals surface area contributed by atoms with Crippen LogP contribution in [0.2, 0.25) is 0 Å². The first-order chi connectivity index (χ1) is 18.0. The zero-order valence-corrected chi connectivity index (χ0v) is 20.2. The zero-order chi connectivity index (χ0) is 25.4. The van der Waals surface area contributed by atoms with Gasteiger partial charge in [-0.1, -0.05) is 12.1 Å². The predicted molar refractivity (Wildman–Crippen MR) is 139 cm³/mol. The fraction of sp³-hybridized carbons (Fsp3) is 0.259. The van der Waals surface area contributed by atoms with E-state index in [0.29, 0.717) is 25.5 Å². The second-order valence-corrected chi connectivity index (χ2v) is 9.55. The topological polar surface area (TPSA) is 106 Å². The van der Waals surface area contributed by atoms with Gasteiger partial charge in [0, 0.05) is 30.4 Å². The molecule has 1 fully saturated rings. The van der Waals surface area contributed by atoms with Crippen LogP contribution in [0.25, 0.3) is 16.4 Å². The number of carbonyl (C=O) groups excluding carboxylic acids is 1. The number of rotatable bonds is 7. The van der Waals surface area contributed by atoms with Crippen LogP contribution in [0, 0.1) is 11.7 Å². The van der Waals surface area contributed by atoms with Gasteiger partial charge in [-0.15, -0.1) is 0 Å². The van der Waals surface area contributed by atoms with Gasteiger partial charge in [0.05, 0.1) is 24.2 Å². The van der Waals surface area contributed by atoms with E-state index in [1.807, 2.05) is 51.9 Å². The maximum Gasteiger partial charge on any atom is 0.221 e. The van der Waals surface area contributed by atoms with Crippen LogP contribution < -0.4 is 11.1 Å². The Morgan fingerprint density at radius 1 is 1.14 bits per heavy atom. The number of nitrogens with zero attached hydrogens (tertiary/aromatic N) is 6. The Morgan fingerprint density at radius 2 is 2.05 bits per heavy atom. The third-order valence-electron chi connectivity index (χ3n) is 6.97. The summed E-state index contributed by atoms with van der Waals surface area (Å²) < 4.78 is 17.3. The van der Waals surface area contributed by atoms with Crippen molar-refractivity contribution >= 4 is 33.8 Å². The molecular formula is C27H27FN8O. The molecule has 0 bridgehead atoms. The van der Waals surface area contributed by atoms with Crippen LogP contribution in [0.15, 0.2) is 67.3 Å². The van der Waals surface area contributed by atoms with Gasteiger partial charge in [-0.05, 0) is 66.9 Å². The van der Waals surface area contributed by atoms with Gasteiger partial charge < -0.3 is 11.1 Å². The number of nitrogens with two attached hydrogens (primary N) is 1. The molecule has 0 saturated carbocycles. The van der Waals surface area contributed by atoms with Gasteiger partial charge in [-0.3, -0.25) is 14.4 Å². The third kappa shape index (κ3) is 4.75. The van der Waals surface area contributed by atoms with Crippen molar-refractivity contribution in [1.82, 2.24) is 29.3 Å². The minimum Gasteiger partial charge on any atom is -0.369 e. The van der Waals surface area contributed by atoms with Crippen molar-refractivity contribution in [3.05, 3.63) is 84.2 Å². The second-order valence-electron chi connectivity index (χ2n) is 9.55. The quantitative estimate of drug-likeness (QED) is 0.354. The zero-order valence-electron chi connectivity index (χ0n) is 20.2. The minimum absolute atomic E-state index is 0.106. The first kappa shape index (κ1) is 23.1. The number of piperidine rings is 1. The second kappa shape index (κ2) is 9.62. The number of primary amides is 1. The summed E-state index contributed by atoms with van der Waals surface area (Å²) in [5, 5.41) is 13.3. The van der Waals surface area contributed by atoms with Crippen LogP contribution in [0.4, 0.5) is 15.9 Å². The molecule has 4 heterocycles. The Bertz CT molecular complexity index is 1590. The summed E-state index contributed by atoms with van der Waals surface area (Å²) in [6.07, 6.45) is 7.06. The molecule has 1 saturated heterocycles. The van der Waals surface area contributed by atoms with E-state index in [-0.39, 0.29) is 17.6 Å². The maximum absolute atomic E-state index is 13.6. The molecule has 1 atom stereocenters. The van der Waals surface area contributed by atoms with E-state index in [0.717, 1.165) is 52.6 Å². The number of benzene rings is 2. The number of nitrogens with one attached hydrogen (secondary N) is 1. The number of hydrogen-bond acceptors (Lipinski definition) is 6. The van der Waals surface area contributed by atoms with Crippen molar-refractivity contribution in [1.29, 1.82) is 0 Å². The summed E-state index contributed by atoms with van der Waals surface area (Å²) in [6, 6.07) is 14.6. The molecule has 1 aliphatic rings. The molecule has 37 heavy (non-hydrogen) atoms. The number of amides is 1. The minimum atomic E-state index is -0.255. The van der Waals surface area contributed by atoms with Gasteiger partial charge in [0.25, 0.3) is 0 Å². The van der Waals surface area contributed by atoms with Crippen molar-refractivity contribution < 1.29 is 9.18 Å². The van der Waals surface area contributed by atoms with Crippen LogP contribution in [-0.2, 0) is 17.9 Å². The lowest BCUT2D eigenvalue weighted by Gasteiger charge is -2.31. The van der Waals surface area contributed by atoms with Crippen LogP contribution in [0.5, 0.6) is 0 Å². The van der Waals surface area contributed by atoms with E-state index in [1.165, 1.54) is 18.5 Å². The molecule has 3 aromatic heterocycles. The summed E-state index contributed by atoms with van der Waals surface area (Å²) in [4.78, 5) is 18.5. The highest BCUT2D eigenvalue weighted by Gasteiger charge is 2.25. The Morgan fingerprint density at radius 3 is 2.92 bits per heavy atom. The standard InChI is InChI=1S/C27H27FN8O/c28-22-5-1-3-18(11-22)14-36-24-7-6-23(12-21(24)13-31-36)33-27-25-19(8-10-35(25)32-17-30-27)15-34-9-2-4-20(16-34)26(29)37/h1,3,5-8,10-13,17,20H,2,4,9,14-16H2,(H2,29,37)(H,30,32,33). The number of anilines is 2. The average Bonchev–Trinajstić information content (AvgIpc) is 3.49. The van der Waals surface area contributed by atoms with Crippen molar-refractivity contribution in [2.24, 2.45) is 11.7 Å². The Kier molecular flexibility index (Phi) is 6.01. The smallest absolute Gasteiger partial charge is 0.221 e. The normalized spacial score (nSPS) is 16.4. The number of fused-ring (bicyclic) bond motifs is 2.